The van der Waals surface area contributed by atoms with Crippen LogP contribution in [-0.4, -0.2) is 62.9 Å². The molecular weight excluding hydrogens is 364 g/mol. The predicted octanol–water partition coefficient (Wildman–Crippen LogP) is 2.08. The molecule has 0 spiro atoms. The smallest absolute Gasteiger partial charge is 0.239 e. The second-order valence-electron chi connectivity index (χ2n) is 8.12. The Morgan fingerprint density at radius 1 is 1.21 bits per heavy atom. The standard InChI is InChI=1S/C22H30N6O/c1-17(23)22(29)27-13-9-21(10-14-27)28-16-20(24-25-28)15-26-11-7-19(8-12-26)18-5-3-2-4-6-18/h2-7,16-17,21H,8-15,23H2,1H3/t17-/m0/s1. The van der Waals surface area contributed by atoms with E-state index in [1.807, 2.05) is 9.58 Å². The number of carbonyl (C=O) groups is 1. The van der Waals surface area contributed by atoms with E-state index in [9.17, 15) is 4.79 Å². The van der Waals surface area contributed by atoms with E-state index < -0.39 is 6.04 Å². The molecule has 0 aliphatic carbocycles. The van der Waals surface area contributed by atoms with Crippen molar-refractivity contribution in [3.63, 3.8) is 0 Å². The number of nitrogens with zero attached hydrogens (tertiary/aromatic N) is 5. The summed E-state index contributed by atoms with van der Waals surface area (Å²) in [4.78, 5) is 16.3. The van der Waals surface area contributed by atoms with Crippen LogP contribution in [0.2, 0.25) is 0 Å². The first-order valence-corrected chi connectivity index (χ1v) is 10.5. The molecule has 2 aliphatic heterocycles. The molecule has 29 heavy (non-hydrogen) atoms. The van der Waals surface area contributed by atoms with E-state index in [2.05, 4.69) is 57.8 Å². The molecule has 1 fully saturated rings. The van der Waals surface area contributed by atoms with Gasteiger partial charge in [0.05, 0.1) is 24.0 Å². The van der Waals surface area contributed by atoms with Crippen LogP contribution >= 0.6 is 0 Å². The summed E-state index contributed by atoms with van der Waals surface area (Å²) in [5.74, 6) is 0.0377. The van der Waals surface area contributed by atoms with Crippen LogP contribution in [0.1, 0.15) is 43.5 Å². The molecule has 1 saturated heterocycles. The Kier molecular flexibility index (Phi) is 6.06. The van der Waals surface area contributed by atoms with Gasteiger partial charge in [-0.3, -0.25) is 9.69 Å². The number of aromatic nitrogens is 3. The minimum absolute atomic E-state index is 0.0377. The van der Waals surface area contributed by atoms with Gasteiger partial charge < -0.3 is 10.6 Å². The number of rotatable bonds is 5. The minimum atomic E-state index is -0.425. The third kappa shape index (κ3) is 4.74. The first-order valence-electron chi connectivity index (χ1n) is 10.5. The maximum atomic E-state index is 12.0. The molecular formula is C22H30N6O. The van der Waals surface area contributed by atoms with E-state index in [-0.39, 0.29) is 5.91 Å². The van der Waals surface area contributed by atoms with Crippen LogP contribution in [-0.2, 0) is 11.3 Å². The van der Waals surface area contributed by atoms with E-state index in [0.29, 0.717) is 6.04 Å². The summed E-state index contributed by atoms with van der Waals surface area (Å²) in [6, 6.07) is 10.5. The Bertz CT molecular complexity index is 851. The van der Waals surface area contributed by atoms with Gasteiger partial charge in [0.25, 0.3) is 0 Å². The molecule has 0 unspecified atom stereocenters. The second-order valence-corrected chi connectivity index (χ2v) is 8.12. The van der Waals surface area contributed by atoms with E-state index in [1.54, 1.807) is 6.92 Å². The average Bonchev–Trinajstić information content (AvgIpc) is 3.23. The van der Waals surface area contributed by atoms with Crippen molar-refractivity contribution in [1.82, 2.24) is 24.8 Å². The maximum Gasteiger partial charge on any atom is 0.239 e. The van der Waals surface area contributed by atoms with Gasteiger partial charge in [0, 0.05) is 32.7 Å². The summed E-state index contributed by atoms with van der Waals surface area (Å²) in [6.45, 7) is 6.01. The summed E-state index contributed by atoms with van der Waals surface area (Å²) in [5.41, 5.74) is 9.48. The number of hydrogen-bond acceptors (Lipinski definition) is 5. The quantitative estimate of drug-likeness (QED) is 0.840. The average molecular weight is 395 g/mol. The molecule has 3 heterocycles. The van der Waals surface area contributed by atoms with Gasteiger partial charge in [0.15, 0.2) is 0 Å². The number of hydrogen-bond donors (Lipinski definition) is 1. The van der Waals surface area contributed by atoms with Crippen molar-refractivity contribution in [3.05, 3.63) is 53.9 Å². The van der Waals surface area contributed by atoms with Crippen molar-refractivity contribution in [2.75, 3.05) is 26.2 Å². The van der Waals surface area contributed by atoms with Gasteiger partial charge in [-0.1, -0.05) is 41.6 Å². The zero-order valence-corrected chi connectivity index (χ0v) is 17.1. The van der Waals surface area contributed by atoms with Crippen molar-refractivity contribution in [2.24, 2.45) is 5.73 Å². The van der Waals surface area contributed by atoms with Gasteiger partial charge in [-0.25, -0.2) is 4.68 Å². The van der Waals surface area contributed by atoms with Gasteiger partial charge in [0.2, 0.25) is 5.91 Å². The molecule has 154 valence electrons. The number of amides is 1. The van der Waals surface area contributed by atoms with Crippen LogP contribution in [0.5, 0.6) is 0 Å². The highest BCUT2D eigenvalue weighted by Crippen LogP contribution is 2.24. The fraction of sp³-hybridized carbons (Fsp3) is 0.500. The van der Waals surface area contributed by atoms with Crippen molar-refractivity contribution in [3.8, 4) is 0 Å². The number of piperidine rings is 1. The van der Waals surface area contributed by atoms with Crippen molar-refractivity contribution < 1.29 is 4.79 Å². The second kappa shape index (κ2) is 8.88. The van der Waals surface area contributed by atoms with E-state index in [0.717, 1.165) is 57.7 Å². The number of likely N-dealkylation sites (tertiary alicyclic amines) is 1. The molecule has 1 atom stereocenters. The molecule has 7 nitrogen and oxygen atoms in total. The van der Waals surface area contributed by atoms with Crippen LogP contribution in [0, 0.1) is 0 Å². The van der Waals surface area contributed by atoms with Crippen molar-refractivity contribution >= 4 is 11.5 Å². The molecule has 0 saturated carbocycles. The van der Waals surface area contributed by atoms with Gasteiger partial charge in [-0.15, -0.1) is 5.10 Å². The summed E-state index contributed by atoms with van der Waals surface area (Å²) in [6.07, 6.45) is 7.26. The SMILES string of the molecule is C[C@H](N)C(=O)N1CCC(n2cc(CN3CC=C(c4ccccc4)CC3)nn2)CC1. The summed E-state index contributed by atoms with van der Waals surface area (Å²) < 4.78 is 1.98. The molecule has 7 heteroatoms. The van der Waals surface area contributed by atoms with Crippen LogP contribution < -0.4 is 5.73 Å². The highest BCUT2D eigenvalue weighted by atomic mass is 16.2. The Morgan fingerprint density at radius 3 is 2.62 bits per heavy atom. The molecule has 1 amide bonds. The predicted molar refractivity (Wildman–Crippen MR) is 113 cm³/mol. The lowest BCUT2D eigenvalue weighted by atomic mass is 9.99. The minimum Gasteiger partial charge on any atom is -0.341 e. The van der Waals surface area contributed by atoms with Gasteiger partial charge in [-0.05, 0) is 37.3 Å². The largest absolute Gasteiger partial charge is 0.341 e. The summed E-state index contributed by atoms with van der Waals surface area (Å²) in [5, 5.41) is 8.76. The monoisotopic (exact) mass is 394 g/mol. The van der Waals surface area contributed by atoms with Crippen molar-refractivity contribution in [2.45, 2.75) is 44.8 Å². The third-order valence-electron chi connectivity index (χ3n) is 5.92. The first-order chi connectivity index (χ1) is 14.1. The van der Waals surface area contributed by atoms with Gasteiger partial charge in [-0.2, -0.15) is 0 Å². The lowest BCUT2D eigenvalue weighted by Crippen LogP contribution is -2.46. The third-order valence-corrected chi connectivity index (χ3v) is 5.92. The van der Waals surface area contributed by atoms with E-state index in [4.69, 9.17) is 5.73 Å². The summed E-state index contributed by atoms with van der Waals surface area (Å²) >= 11 is 0. The number of carbonyl (C=O) groups excluding carboxylic acids is 1. The molecule has 1 aromatic carbocycles. The molecule has 0 radical (unpaired) electrons. The molecule has 4 rings (SSSR count). The lowest BCUT2D eigenvalue weighted by Gasteiger charge is -2.32. The number of benzene rings is 1. The Hall–Kier alpha value is -2.51. The number of nitrogens with two attached hydrogens (primary N) is 1. The Labute approximate surface area is 172 Å². The Balaban J connectivity index is 1.29. The summed E-state index contributed by atoms with van der Waals surface area (Å²) in [7, 11) is 0. The van der Waals surface area contributed by atoms with Crippen molar-refractivity contribution in [1.29, 1.82) is 0 Å². The molecule has 0 bridgehead atoms. The van der Waals surface area contributed by atoms with E-state index >= 15 is 0 Å². The Morgan fingerprint density at radius 2 is 1.97 bits per heavy atom. The highest BCUT2D eigenvalue weighted by molar-refractivity contribution is 5.81. The zero-order chi connectivity index (χ0) is 20.2. The molecule has 2 aliphatic rings. The van der Waals surface area contributed by atoms with Crippen LogP contribution in [0.3, 0.4) is 0 Å². The highest BCUT2D eigenvalue weighted by Gasteiger charge is 2.26. The first kappa shape index (κ1) is 19.8. The molecule has 1 aromatic heterocycles. The molecule has 2 aromatic rings. The fourth-order valence-electron chi connectivity index (χ4n) is 4.20. The van der Waals surface area contributed by atoms with Gasteiger partial charge in [0.1, 0.15) is 0 Å². The van der Waals surface area contributed by atoms with E-state index in [1.165, 1.54) is 11.1 Å². The van der Waals surface area contributed by atoms with Gasteiger partial charge >= 0.3 is 0 Å². The fourth-order valence-corrected chi connectivity index (χ4v) is 4.20. The normalized spacial score (nSPS) is 19.8. The topological polar surface area (TPSA) is 80.3 Å². The van der Waals surface area contributed by atoms with Crippen LogP contribution in [0.25, 0.3) is 5.57 Å². The van der Waals surface area contributed by atoms with Crippen LogP contribution in [0.15, 0.2) is 42.6 Å². The molecule has 2 N–H and O–H groups in total. The lowest BCUT2D eigenvalue weighted by molar-refractivity contribution is -0.133. The van der Waals surface area contributed by atoms with Crippen LogP contribution in [0.4, 0.5) is 0 Å². The zero-order valence-electron chi connectivity index (χ0n) is 17.1. The maximum absolute atomic E-state index is 12.0.